The van der Waals surface area contributed by atoms with Crippen molar-refractivity contribution in [1.29, 1.82) is 0 Å². The number of carbonyl (C=O) groups excluding carboxylic acids is 1. The van der Waals surface area contributed by atoms with Crippen LogP contribution in [0.4, 0.5) is 5.69 Å². The van der Waals surface area contributed by atoms with E-state index >= 15 is 0 Å². The number of aryl methyl sites for hydroxylation is 1. The second kappa shape index (κ2) is 7.90. The summed E-state index contributed by atoms with van der Waals surface area (Å²) in [6.07, 6.45) is 0. The van der Waals surface area contributed by atoms with Gasteiger partial charge in [0.1, 0.15) is 0 Å². The highest BCUT2D eigenvalue weighted by atomic mass is 79.9. The van der Waals surface area contributed by atoms with E-state index in [0.29, 0.717) is 16.8 Å². The molecule has 3 N–H and O–H groups in total. The highest BCUT2D eigenvalue weighted by Gasteiger charge is 2.17. The van der Waals surface area contributed by atoms with Crippen molar-refractivity contribution in [1.82, 2.24) is 4.57 Å². The summed E-state index contributed by atoms with van der Waals surface area (Å²) in [7, 11) is -3.64. The van der Waals surface area contributed by atoms with Crippen LogP contribution in [0, 0.1) is 13.8 Å². The zero-order valence-electron chi connectivity index (χ0n) is 15.4. The molecule has 0 radical (unpaired) electrons. The van der Waals surface area contributed by atoms with Crippen molar-refractivity contribution in [2.45, 2.75) is 19.6 Å². The Hall–Kier alpha value is -2.42. The third kappa shape index (κ3) is 4.70. The summed E-state index contributed by atoms with van der Waals surface area (Å²) in [5.74, 6) is -0.546. The minimum Gasteiger partial charge on any atom is -0.322 e. The smallest absolute Gasteiger partial charge is 0.257 e. The molecular formula is C20H20BrN3O3S. The number of primary sulfonamides is 1. The largest absolute Gasteiger partial charge is 0.322 e. The van der Waals surface area contributed by atoms with Gasteiger partial charge in [0.05, 0.1) is 11.3 Å². The Morgan fingerprint density at radius 2 is 1.82 bits per heavy atom. The lowest BCUT2D eigenvalue weighted by atomic mass is 10.2. The molecule has 0 saturated heterocycles. The summed E-state index contributed by atoms with van der Waals surface area (Å²) in [5, 5.41) is 7.93. The lowest BCUT2D eigenvalue weighted by molar-refractivity contribution is 0.102. The number of anilines is 1. The molecule has 146 valence electrons. The number of nitrogens with one attached hydrogen (secondary N) is 1. The zero-order valence-corrected chi connectivity index (χ0v) is 17.8. The van der Waals surface area contributed by atoms with Crippen molar-refractivity contribution in [3.8, 4) is 5.69 Å². The fourth-order valence-corrected chi connectivity index (χ4v) is 4.21. The molecule has 0 spiro atoms. The van der Waals surface area contributed by atoms with Gasteiger partial charge in [0.25, 0.3) is 5.91 Å². The number of rotatable bonds is 5. The second-order valence-corrected chi connectivity index (χ2v) is 9.09. The molecule has 6 nitrogen and oxygen atoms in total. The number of carbonyl (C=O) groups is 1. The molecule has 0 bridgehead atoms. The molecule has 3 rings (SSSR count). The number of halogens is 1. The predicted octanol–water partition coefficient (Wildman–Crippen LogP) is 3.90. The number of benzene rings is 2. The van der Waals surface area contributed by atoms with E-state index in [2.05, 4.69) is 21.2 Å². The normalized spacial score (nSPS) is 11.4. The van der Waals surface area contributed by atoms with E-state index in [4.69, 9.17) is 5.14 Å². The van der Waals surface area contributed by atoms with Gasteiger partial charge in [-0.15, -0.1) is 0 Å². The SMILES string of the molecule is Cc1cc(C(=O)Nc2cccc(CS(N)(=O)=O)c2)c(C)n1-c1cccc(Br)c1. The van der Waals surface area contributed by atoms with E-state index in [1.165, 1.54) is 0 Å². The van der Waals surface area contributed by atoms with Crippen molar-refractivity contribution in [2.75, 3.05) is 5.32 Å². The molecule has 0 aliphatic carbocycles. The summed E-state index contributed by atoms with van der Waals surface area (Å²) in [5.41, 5.74) is 4.28. The first-order valence-corrected chi connectivity index (χ1v) is 11.0. The zero-order chi connectivity index (χ0) is 20.5. The maximum absolute atomic E-state index is 12.8. The predicted molar refractivity (Wildman–Crippen MR) is 114 cm³/mol. The van der Waals surface area contributed by atoms with Crippen molar-refractivity contribution in [3.05, 3.63) is 81.6 Å². The van der Waals surface area contributed by atoms with Crippen LogP contribution < -0.4 is 10.5 Å². The Labute approximate surface area is 172 Å². The van der Waals surface area contributed by atoms with Crippen LogP contribution in [0.1, 0.15) is 27.3 Å². The topological polar surface area (TPSA) is 94.2 Å². The number of nitrogens with two attached hydrogens (primary N) is 1. The van der Waals surface area contributed by atoms with Crippen molar-refractivity contribution in [2.24, 2.45) is 5.14 Å². The van der Waals surface area contributed by atoms with Crippen LogP contribution in [0.5, 0.6) is 0 Å². The summed E-state index contributed by atoms with van der Waals surface area (Å²) in [6.45, 7) is 3.83. The lowest BCUT2D eigenvalue weighted by Gasteiger charge is -2.11. The van der Waals surface area contributed by atoms with Crippen LogP contribution in [0.3, 0.4) is 0 Å². The number of sulfonamides is 1. The Kier molecular flexibility index (Phi) is 5.74. The first kappa shape index (κ1) is 20.3. The van der Waals surface area contributed by atoms with Gasteiger partial charge in [-0.2, -0.15) is 0 Å². The van der Waals surface area contributed by atoms with E-state index in [1.807, 2.05) is 48.7 Å². The molecule has 0 fully saturated rings. The molecule has 0 saturated carbocycles. The summed E-state index contributed by atoms with van der Waals surface area (Å²) in [6, 6.07) is 16.3. The van der Waals surface area contributed by atoms with Crippen molar-refractivity contribution < 1.29 is 13.2 Å². The molecular weight excluding hydrogens is 442 g/mol. The Bertz CT molecular complexity index is 1150. The van der Waals surface area contributed by atoms with Crippen LogP contribution in [-0.2, 0) is 15.8 Å². The number of nitrogens with zero attached hydrogens (tertiary/aromatic N) is 1. The minimum absolute atomic E-state index is 0.262. The molecule has 28 heavy (non-hydrogen) atoms. The fraction of sp³-hybridized carbons (Fsp3) is 0.150. The average Bonchev–Trinajstić information content (AvgIpc) is 2.88. The van der Waals surface area contributed by atoms with Crippen LogP contribution in [-0.4, -0.2) is 18.9 Å². The highest BCUT2D eigenvalue weighted by molar-refractivity contribution is 9.10. The standard InChI is InChI=1S/C20H20BrN3O3S/c1-13-9-19(14(2)24(13)18-8-4-6-16(21)11-18)20(25)23-17-7-3-5-15(10-17)12-28(22,26)27/h3-11H,12H2,1-2H3,(H,23,25)(H2,22,26,27). The molecule has 0 aliphatic heterocycles. The Morgan fingerprint density at radius 3 is 2.50 bits per heavy atom. The maximum Gasteiger partial charge on any atom is 0.257 e. The van der Waals surface area contributed by atoms with Gasteiger partial charge in [-0.1, -0.05) is 34.1 Å². The van der Waals surface area contributed by atoms with E-state index in [0.717, 1.165) is 21.5 Å². The van der Waals surface area contributed by atoms with E-state index in [-0.39, 0.29) is 11.7 Å². The fourth-order valence-electron chi connectivity index (χ4n) is 3.17. The molecule has 0 atom stereocenters. The number of hydrogen-bond acceptors (Lipinski definition) is 3. The molecule has 2 aromatic carbocycles. The first-order valence-electron chi connectivity index (χ1n) is 8.50. The molecule has 3 aromatic rings. The number of aromatic nitrogens is 1. The quantitative estimate of drug-likeness (QED) is 0.602. The van der Waals surface area contributed by atoms with Crippen LogP contribution >= 0.6 is 15.9 Å². The third-order valence-corrected chi connectivity index (χ3v) is 5.52. The van der Waals surface area contributed by atoms with Gasteiger partial charge >= 0.3 is 0 Å². The number of amides is 1. The van der Waals surface area contributed by atoms with Gasteiger partial charge in [-0.3, -0.25) is 4.79 Å². The van der Waals surface area contributed by atoms with Gasteiger partial charge in [0.15, 0.2) is 0 Å². The van der Waals surface area contributed by atoms with Gasteiger partial charge in [0, 0.05) is 27.2 Å². The van der Waals surface area contributed by atoms with Gasteiger partial charge in [0.2, 0.25) is 10.0 Å². The monoisotopic (exact) mass is 461 g/mol. The summed E-state index contributed by atoms with van der Waals surface area (Å²) in [4.78, 5) is 12.8. The van der Waals surface area contributed by atoms with Crippen LogP contribution in [0.25, 0.3) is 5.69 Å². The molecule has 1 aromatic heterocycles. The van der Waals surface area contributed by atoms with Gasteiger partial charge < -0.3 is 9.88 Å². The van der Waals surface area contributed by atoms with Crippen LogP contribution in [0.15, 0.2) is 59.1 Å². The minimum atomic E-state index is -3.64. The van der Waals surface area contributed by atoms with Crippen LogP contribution in [0.2, 0.25) is 0 Å². The van der Waals surface area contributed by atoms with Gasteiger partial charge in [-0.05, 0) is 55.8 Å². The third-order valence-electron chi connectivity index (χ3n) is 4.29. The first-order chi connectivity index (χ1) is 13.1. The Morgan fingerprint density at radius 1 is 1.11 bits per heavy atom. The molecule has 0 aliphatic rings. The summed E-state index contributed by atoms with van der Waals surface area (Å²) < 4.78 is 25.5. The summed E-state index contributed by atoms with van der Waals surface area (Å²) >= 11 is 3.47. The van der Waals surface area contributed by atoms with E-state index in [9.17, 15) is 13.2 Å². The lowest BCUT2D eigenvalue weighted by Crippen LogP contribution is -2.15. The Balaban J connectivity index is 1.88. The molecule has 0 unspecified atom stereocenters. The second-order valence-electron chi connectivity index (χ2n) is 6.56. The molecule has 1 heterocycles. The van der Waals surface area contributed by atoms with Crippen molar-refractivity contribution in [3.63, 3.8) is 0 Å². The maximum atomic E-state index is 12.8. The number of hydrogen-bond donors (Lipinski definition) is 2. The highest BCUT2D eigenvalue weighted by Crippen LogP contribution is 2.24. The molecule has 1 amide bonds. The van der Waals surface area contributed by atoms with E-state index in [1.54, 1.807) is 24.3 Å². The van der Waals surface area contributed by atoms with Gasteiger partial charge in [-0.25, -0.2) is 13.6 Å². The van der Waals surface area contributed by atoms with Crippen molar-refractivity contribution >= 4 is 37.5 Å². The average molecular weight is 462 g/mol. The molecule has 8 heteroatoms. The van der Waals surface area contributed by atoms with E-state index < -0.39 is 10.0 Å².